The van der Waals surface area contributed by atoms with Crippen LogP contribution in [0.2, 0.25) is 0 Å². The van der Waals surface area contributed by atoms with Crippen LogP contribution in [0, 0.1) is 5.92 Å². The summed E-state index contributed by atoms with van der Waals surface area (Å²) in [5.41, 5.74) is 1.19. The normalized spacial score (nSPS) is 20.4. The van der Waals surface area contributed by atoms with E-state index < -0.39 is 0 Å². The second kappa shape index (κ2) is 8.74. The number of carbonyl (C=O) groups excluding carboxylic acids is 2. The van der Waals surface area contributed by atoms with Crippen molar-refractivity contribution in [2.45, 2.75) is 25.7 Å². The van der Waals surface area contributed by atoms with E-state index >= 15 is 0 Å². The standard InChI is InChI=1S/C23H28N2O3/c26-22(10-8-18-7-9-19-4-1-2-5-20(19)16-18)25-11-3-6-21(17-25)23(27)24-12-14-28-15-13-24/h1-2,4-5,7,9,16,21H,3,6,8,10-15,17H2. The first-order valence-corrected chi connectivity index (χ1v) is 10.3. The molecule has 2 aromatic carbocycles. The maximum atomic E-state index is 12.8. The molecule has 4 rings (SSSR count). The molecule has 1 atom stereocenters. The zero-order chi connectivity index (χ0) is 19.3. The van der Waals surface area contributed by atoms with E-state index in [4.69, 9.17) is 4.74 Å². The molecule has 2 amide bonds. The predicted molar refractivity (Wildman–Crippen MR) is 109 cm³/mol. The fourth-order valence-corrected chi connectivity index (χ4v) is 4.25. The molecule has 2 aliphatic heterocycles. The molecule has 0 N–H and O–H groups in total. The number of aryl methyl sites for hydroxylation is 1. The average Bonchev–Trinajstić information content (AvgIpc) is 2.77. The van der Waals surface area contributed by atoms with Crippen molar-refractivity contribution >= 4 is 22.6 Å². The lowest BCUT2D eigenvalue weighted by molar-refractivity contribution is -0.144. The van der Waals surface area contributed by atoms with Crippen LogP contribution < -0.4 is 0 Å². The zero-order valence-corrected chi connectivity index (χ0v) is 16.3. The number of benzene rings is 2. The molecule has 0 saturated carbocycles. The first kappa shape index (κ1) is 18.9. The van der Waals surface area contributed by atoms with E-state index in [0.717, 1.165) is 25.8 Å². The maximum absolute atomic E-state index is 12.8. The number of carbonyl (C=O) groups is 2. The average molecular weight is 380 g/mol. The Morgan fingerprint density at radius 1 is 0.964 bits per heavy atom. The molecule has 5 nitrogen and oxygen atoms in total. The number of nitrogens with zero attached hydrogens (tertiary/aromatic N) is 2. The van der Waals surface area contributed by atoms with Crippen LogP contribution in [0.4, 0.5) is 0 Å². The molecule has 2 heterocycles. The highest BCUT2D eigenvalue weighted by Gasteiger charge is 2.31. The second-order valence-corrected chi connectivity index (χ2v) is 7.80. The monoisotopic (exact) mass is 380 g/mol. The number of hydrogen-bond donors (Lipinski definition) is 0. The van der Waals surface area contributed by atoms with Crippen LogP contribution in [0.25, 0.3) is 10.8 Å². The molecule has 0 bridgehead atoms. The molecule has 148 valence electrons. The Bertz CT molecular complexity index is 845. The van der Waals surface area contributed by atoms with Crippen LogP contribution in [0.5, 0.6) is 0 Å². The van der Waals surface area contributed by atoms with E-state index in [-0.39, 0.29) is 17.7 Å². The molecule has 2 aromatic rings. The van der Waals surface area contributed by atoms with Crippen molar-refractivity contribution in [3.63, 3.8) is 0 Å². The second-order valence-electron chi connectivity index (χ2n) is 7.80. The highest BCUT2D eigenvalue weighted by molar-refractivity contribution is 5.84. The van der Waals surface area contributed by atoms with Gasteiger partial charge in [0, 0.05) is 32.6 Å². The number of rotatable bonds is 4. The van der Waals surface area contributed by atoms with Crippen molar-refractivity contribution in [2.75, 3.05) is 39.4 Å². The van der Waals surface area contributed by atoms with Gasteiger partial charge in [-0.15, -0.1) is 0 Å². The van der Waals surface area contributed by atoms with Crippen LogP contribution in [0.1, 0.15) is 24.8 Å². The molecule has 2 saturated heterocycles. The quantitative estimate of drug-likeness (QED) is 0.820. The fourth-order valence-electron chi connectivity index (χ4n) is 4.25. The lowest BCUT2D eigenvalue weighted by Gasteiger charge is -2.36. The first-order chi connectivity index (χ1) is 13.7. The largest absolute Gasteiger partial charge is 0.378 e. The minimum atomic E-state index is -0.0588. The van der Waals surface area contributed by atoms with Gasteiger partial charge >= 0.3 is 0 Å². The molecule has 0 aliphatic carbocycles. The summed E-state index contributed by atoms with van der Waals surface area (Å²) in [5.74, 6) is 0.291. The third-order valence-electron chi connectivity index (χ3n) is 5.89. The van der Waals surface area contributed by atoms with Crippen molar-refractivity contribution in [1.82, 2.24) is 9.80 Å². The SMILES string of the molecule is O=C(CCc1ccc2ccccc2c1)N1CCCC(C(=O)N2CCOCC2)C1. The Morgan fingerprint density at radius 3 is 2.57 bits per heavy atom. The van der Waals surface area contributed by atoms with Crippen LogP contribution >= 0.6 is 0 Å². The van der Waals surface area contributed by atoms with Gasteiger partial charge in [0.2, 0.25) is 11.8 Å². The minimum Gasteiger partial charge on any atom is -0.378 e. The van der Waals surface area contributed by atoms with Gasteiger partial charge in [-0.1, -0.05) is 42.5 Å². The third-order valence-corrected chi connectivity index (χ3v) is 5.89. The Kier molecular flexibility index (Phi) is 5.91. The van der Waals surface area contributed by atoms with Gasteiger partial charge < -0.3 is 14.5 Å². The van der Waals surface area contributed by atoms with Crippen LogP contribution in [0.3, 0.4) is 0 Å². The predicted octanol–water partition coefficient (Wildman–Crippen LogP) is 2.87. The van der Waals surface area contributed by atoms with Gasteiger partial charge in [0.15, 0.2) is 0 Å². The Labute approximate surface area is 166 Å². The summed E-state index contributed by atoms with van der Waals surface area (Å²) in [6, 6.07) is 14.7. The fraction of sp³-hybridized carbons (Fsp3) is 0.478. The zero-order valence-electron chi connectivity index (χ0n) is 16.3. The Morgan fingerprint density at radius 2 is 1.75 bits per heavy atom. The highest BCUT2D eigenvalue weighted by atomic mass is 16.5. The molecule has 1 unspecified atom stereocenters. The number of hydrogen-bond acceptors (Lipinski definition) is 3. The van der Waals surface area contributed by atoms with E-state index in [9.17, 15) is 9.59 Å². The van der Waals surface area contributed by atoms with E-state index in [1.54, 1.807) is 0 Å². The van der Waals surface area contributed by atoms with E-state index in [1.807, 2.05) is 21.9 Å². The number of likely N-dealkylation sites (tertiary alicyclic amines) is 1. The summed E-state index contributed by atoms with van der Waals surface area (Å²) < 4.78 is 5.34. The molecular formula is C23H28N2O3. The van der Waals surface area contributed by atoms with Crippen LogP contribution in [-0.4, -0.2) is 61.0 Å². The summed E-state index contributed by atoms with van der Waals surface area (Å²) >= 11 is 0. The number of amides is 2. The summed E-state index contributed by atoms with van der Waals surface area (Å²) in [5, 5.41) is 2.43. The van der Waals surface area contributed by atoms with Gasteiger partial charge in [0.25, 0.3) is 0 Å². The molecule has 0 radical (unpaired) electrons. The summed E-state index contributed by atoms with van der Waals surface area (Å²) in [4.78, 5) is 29.3. The molecular weight excluding hydrogens is 352 g/mol. The van der Waals surface area contributed by atoms with Crippen LogP contribution in [0.15, 0.2) is 42.5 Å². The van der Waals surface area contributed by atoms with Crippen molar-refractivity contribution in [2.24, 2.45) is 5.92 Å². The maximum Gasteiger partial charge on any atom is 0.227 e. The smallest absolute Gasteiger partial charge is 0.227 e. The number of morpholine rings is 1. The van der Waals surface area contributed by atoms with E-state index in [2.05, 4.69) is 30.3 Å². The number of piperidine rings is 1. The van der Waals surface area contributed by atoms with Gasteiger partial charge in [-0.2, -0.15) is 0 Å². The van der Waals surface area contributed by atoms with Crippen molar-refractivity contribution < 1.29 is 14.3 Å². The molecule has 28 heavy (non-hydrogen) atoms. The molecule has 5 heteroatoms. The Balaban J connectivity index is 1.32. The lowest BCUT2D eigenvalue weighted by Crippen LogP contribution is -2.49. The molecule has 2 fully saturated rings. The van der Waals surface area contributed by atoms with Crippen molar-refractivity contribution in [1.29, 1.82) is 0 Å². The third kappa shape index (κ3) is 4.36. The number of fused-ring (bicyclic) bond motifs is 1. The lowest BCUT2D eigenvalue weighted by atomic mass is 9.95. The van der Waals surface area contributed by atoms with E-state index in [0.29, 0.717) is 39.3 Å². The topological polar surface area (TPSA) is 49.9 Å². The summed E-state index contributed by atoms with van der Waals surface area (Å²) in [6.45, 7) is 3.91. The highest BCUT2D eigenvalue weighted by Crippen LogP contribution is 2.21. The van der Waals surface area contributed by atoms with Crippen molar-refractivity contribution in [3.05, 3.63) is 48.0 Å². The summed E-state index contributed by atoms with van der Waals surface area (Å²) in [7, 11) is 0. The molecule has 0 spiro atoms. The molecule has 0 aromatic heterocycles. The minimum absolute atomic E-state index is 0.0588. The van der Waals surface area contributed by atoms with Gasteiger partial charge in [-0.25, -0.2) is 0 Å². The number of ether oxygens (including phenoxy) is 1. The van der Waals surface area contributed by atoms with Gasteiger partial charge in [-0.3, -0.25) is 9.59 Å². The van der Waals surface area contributed by atoms with Gasteiger partial charge in [-0.05, 0) is 35.6 Å². The Hall–Kier alpha value is -2.40. The first-order valence-electron chi connectivity index (χ1n) is 10.3. The summed E-state index contributed by atoms with van der Waals surface area (Å²) in [6.07, 6.45) is 3.02. The van der Waals surface area contributed by atoms with Gasteiger partial charge in [0.1, 0.15) is 0 Å². The van der Waals surface area contributed by atoms with Crippen LogP contribution in [-0.2, 0) is 20.7 Å². The van der Waals surface area contributed by atoms with E-state index in [1.165, 1.54) is 16.3 Å². The van der Waals surface area contributed by atoms with Crippen molar-refractivity contribution in [3.8, 4) is 0 Å². The van der Waals surface area contributed by atoms with Gasteiger partial charge in [0.05, 0.1) is 19.1 Å². The molecule has 2 aliphatic rings.